The maximum Gasteiger partial charge on any atom is 0.204 e. The van der Waals surface area contributed by atoms with Crippen LogP contribution in [0.4, 0.5) is 0 Å². The number of hydrogen-bond acceptors (Lipinski definition) is 6. The van der Waals surface area contributed by atoms with Crippen molar-refractivity contribution in [1.82, 2.24) is 14.8 Å². The van der Waals surface area contributed by atoms with Gasteiger partial charge in [0.2, 0.25) is 5.43 Å². The number of fused-ring (bicyclic) bond motifs is 2. The van der Waals surface area contributed by atoms with Crippen LogP contribution in [0, 0.1) is 0 Å². The van der Waals surface area contributed by atoms with Crippen LogP contribution in [-0.4, -0.2) is 29.0 Å². The zero-order chi connectivity index (χ0) is 16.7. The predicted molar refractivity (Wildman–Crippen MR) is 88.0 cm³/mol. The van der Waals surface area contributed by atoms with Gasteiger partial charge in [0.25, 0.3) is 0 Å². The molecule has 2 aromatic heterocycles. The van der Waals surface area contributed by atoms with E-state index in [1.165, 1.54) is 13.4 Å². The highest BCUT2D eigenvalue weighted by Crippen LogP contribution is 2.31. The van der Waals surface area contributed by atoms with E-state index in [9.17, 15) is 4.79 Å². The van der Waals surface area contributed by atoms with Crippen molar-refractivity contribution in [2.45, 2.75) is 0 Å². The number of ether oxygens (including phenoxy) is 2. The molecule has 0 bridgehead atoms. The van der Waals surface area contributed by atoms with Gasteiger partial charge in [-0.25, -0.2) is 9.67 Å². The Hall–Kier alpha value is -3.35. The Morgan fingerprint density at radius 2 is 1.96 bits per heavy atom. The molecule has 0 N–H and O–H groups in total. The summed E-state index contributed by atoms with van der Waals surface area (Å²) in [6.07, 6.45) is 3.00. The van der Waals surface area contributed by atoms with Crippen LogP contribution >= 0.6 is 0 Å². The molecule has 0 aliphatic carbocycles. The van der Waals surface area contributed by atoms with Crippen LogP contribution in [0.3, 0.4) is 0 Å². The molecule has 0 fully saturated rings. The van der Waals surface area contributed by atoms with Crippen LogP contribution in [0.1, 0.15) is 0 Å². The second-order valence-electron chi connectivity index (χ2n) is 5.15. The van der Waals surface area contributed by atoms with E-state index in [-0.39, 0.29) is 5.43 Å². The topological polar surface area (TPSA) is 79.4 Å². The number of aromatic nitrogens is 3. The highest BCUT2D eigenvalue weighted by molar-refractivity contribution is 5.94. The first-order valence-electron chi connectivity index (χ1n) is 7.19. The molecule has 0 aliphatic heterocycles. The van der Waals surface area contributed by atoms with E-state index in [4.69, 9.17) is 13.9 Å². The van der Waals surface area contributed by atoms with Gasteiger partial charge in [0.15, 0.2) is 0 Å². The fraction of sp³-hybridized carbons (Fsp3) is 0.118. The lowest BCUT2D eigenvalue weighted by atomic mass is 10.1. The summed E-state index contributed by atoms with van der Waals surface area (Å²) in [7, 11) is 3.05. The van der Waals surface area contributed by atoms with Gasteiger partial charge in [-0.1, -0.05) is 0 Å². The maximum atomic E-state index is 13.0. The van der Waals surface area contributed by atoms with Gasteiger partial charge in [-0.15, -0.1) is 0 Å². The standard InChI is InChI=1S/C17H13N3O4/c1-22-11-6-14(23-2)16-15(7-11)24-13-4-3-10(5-12(13)17(16)21)20-9-18-8-19-20/h3-9H,1-2H3. The highest BCUT2D eigenvalue weighted by atomic mass is 16.5. The van der Waals surface area contributed by atoms with Crippen LogP contribution in [0.2, 0.25) is 0 Å². The summed E-state index contributed by atoms with van der Waals surface area (Å²) in [6, 6.07) is 8.59. The van der Waals surface area contributed by atoms with Gasteiger partial charge in [-0.2, -0.15) is 5.10 Å². The molecule has 7 nitrogen and oxygen atoms in total. The first kappa shape index (κ1) is 14.3. The average Bonchev–Trinajstić information content (AvgIpc) is 3.15. The molecule has 0 amide bonds. The monoisotopic (exact) mass is 323 g/mol. The Bertz CT molecular complexity index is 1100. The summed E-state index contributed by atoms with van der Waals surface area (Å²) < 4.78 is 18.0. The summed E-state index contributed by atoms with van der Waals surface area (Å²) in [4.78, 5) is 16.9. The van der Waals surface area contributed by atoms with E-state index in [0.717, 1.165) is 5.69 Å². The van der Waals surface area contributed by atoms with Crippen LogP contribution in [0.15, 0.2) is 52.2 Å². The summed E-state index contributed by atoms with van der Waals surface area (Å²) in [5.74, 6) is 0.965. The number of rotatable bonds is 3. The van der Waals surface area contributed by atoms with E-state index < -0.39 is 0 Å². The minimum absolute atomic E-state index is 0.173. The van der Waals surface area contributed by atoms with Crippen LogP contribution < -0.4 is 14.9 Å². The van der Waals surface area contributed by atoms with Crippen molar-refractivity contribution in [2.75, 3.05) is 14.2 Å². The van der Waals surface area contributed by atoms with E-state index in [1.807, 2.05) is 6.07 Å². The van der Waals surface area contributed by atoms with Crippen molar-refractivity contribution in [1.29, 1.82) is 0 Å². The second-order valence-corrected chi connectivity index (χ2v) is 5.15. The lowest BCUT2D eigenvalue weighted by Crippen LogP contribution is -2.06. The Kier molecular flexibility index (Phi) is 3.19. The quantitative estimate of drug-likeness (QED) is 0.539. The van der Waals surface area contributed by atoms with Crippen molar-refractivity contribution in [3.63, 3.8) is 0 Å². The largest absolute Gasteiger partial charge is 0.496 e. The fourth-order valence-corrected chi connectivity index (χ4v) is 2.67. The third-order valence-corrected chi connectivity index (χ3v) is 3.83. The Morgan fingerprint density at radius 3 is 2.67 bits per heavy atom. The summed E-state index contributed by atoms with van der Waals surface area (Å²) in [5.41, 5.74) is 1.44. The lowest BCUT2D eigenvalue weighted by molar-refractivity contribution is 0.396. The molecule has 2 aromatic carbocycles. The summed E-state index contributed by atoms with van der Waals surface area (Å²) in [5, 5.41) is 4.89. The molecule has 0 atom stereocenters. The smallest absolute Gasteiger partial charge is 0.204 e. The summed E-state index contributed by atoms with van der Waals surface area (Å²) >= 11 is 0. The van der Waals surface area contributed by atoms with Gasteiger partial charge in [0.05, 0.1) is 25.3 Å². The maximum absolute atomic E-state index is 13.0. The molecule has 0 aliphatic rings. The van der Waals surface area contributed by atoms with Gasteiger partial charge < -0.3 is 13.9 Å². The zero-order valence-corrected chi connectivity index (χ0v) is 13.0. The van der Waals surface area contributed by atoms with Gasteiger partial charge in [0, 0.05) is 12.1 Å². The first-order chi connectivity index (χ1) is 11.7. The lowest BCUT2D eigenvalue weighted by Gasteiger charge is -2.09. The minimum Gasteiger partial charge on any atom is -0.496 e. The SMILES string of the molecule is COc1cc(OC)c2c(=O)c3cc(-n4cncn4)ccc3oc2c1. The van der Waals surface area contributed by atoms with E-state index in [0.29, 0.717) is 33.4 Å². The number of hydrogen-bond donors (Lipinski definition) is 0. The summed E-state index contributed by atoms with van der Waals surface area (Å²) in [6.45, 7) is 0. The Balaban J connectivity index is 2.07. The highest BCUT2D eigenvalue weighted by Gasteiger charge is 2.15. The molecular weight excluding hydrogens is 310 g/mol. The predicted octanol–water partition coefficient (Wildman–Crippen LogP) is 2.54. The van der Waals surface area contributed by atoms with Crippen molar-refractivity contribution in [3.8, 4) is 17.2 Å². The molecule has 0 unspecified atom stereocenters. The van der Waals surface area contributed by atoms with Crippen molar-refractivity contribution < 1.29 is 13.9 Å². The third-order valence-electron chi connectivity index (χ3n) is 3.83. The number of nitrogens with zero attached hydrogens (tertiary/aromatic N) is 3. The molecule has 0 radical (unpaired) electrons. The Morgan fingerprint density at radius 1 is 1.08 bits per heavy atom. The molecule has 24 heavy (non-hydrogen) atoms. The van der Waals surface area contributed by atoms with Gasteiger partial charge in [0.1, 0.15) is 40.7 Å². The van der Waals surface area contributed by atoms with E-state index in [1.54, 1.807) is 42.4 Å². The molecule has 4 rings (SSSR count). The first-order valence-corrected chi connectivity index (χ1v) is 7.19. The van der Waals surface area contributed by atoms with Gasteiger partial charge in [-0.3, -0.25) is 4.79 Å². The molecular formula is C17H13N3O4. The molecule has 4 aromatic rings. The minimum atomic E-state index is -0.173. The van der Waals surface area contributed by atoms with E-state index in [2.05, 4.69) is 10.1 Å². The normalized spacial score (nSPS) is 11.1. The van der Waals surface area contributed by atoms with Crippen LogP contribution in [-0.2, 0) is 0 Å². The van der Waals surface area contributed by atoms with Crippen molar-refractivity contribution >= 4 is 21.9 Å². The van der Waals surface area contributed by atoms with Crippen molar-refractivity contribution in [2.24, 2.45) is 0 Å². The van der Waals surface area contributed by atoms with Crippen LogP contribution in [0.25, 0.3) is 27.6 Å². The van der Waals surface area contributed by atoms with Crippen molar-refractivity contribution in [3.05, 3.63) is 53.2 Å². The fourth-order valence-electron chi connectivity index (χ4n) is 2.67. The molecule has 0 spiro atoms. The number of methoxy groups -OCH3 is 2. The van der Waals surface area contributed by atoms with Gasteiger partial charge >= 0.3 is 0 Å². The van der Waals surface area contributed by atoms with E-state index >= 15 is 0 Å². The zero-order valence-electron chi connectivity index (χ0n) is 13.0. The van der Waals surface area contributed by atoms with Crippen LogP contribution in [0.5, 0.6) is 11.5 Å². The Labute approximate surface area is 136 Å². The second kappa shape index (κ2) is 5.38. The average molecular weight is 323 g/mol. The molecule has 0 saturated heterocycles. The third kappa shape index (κ3) is 2.10. The molecule has 120 valence electrons. The van der Waals surface area contributed by atoms with Gasteiger partial charge in [-0.05, 0) is 18.2 Å². The molecule has 2 heterocycles. The number of benzene rings is 2. The molecule has 0 saturated carbocycles. The molecule has 7 heteroatoms.